The molecular formula is C10H14N2O2. The number of rotatable bonds is 2. The molecule has 76 valence electrons. The Labute approximate surface area is 82.3 Å². The monoisotopic (exact) mass is 194 g/mol. The van der Waals surface area contributed by atoms with Gasteiger partial charge < -0.3 is 10.3 Å². The third kappa shape index (κ3) is 2.73. The van der Waals surface area contributed by atoms with Crippen LogP contribution in [0, 0.1) is 6.92 Å². The smallest absolute Gasteiger partial charge is 0.251 e. The Hall–Kier alpha value is -1.58. The summed E-state index contributed by atoms with van der Waals surface area (Å²) < 4.78 is 0. The van der Waals surface area contributed by atoms with Crippen molar-refractivity contribution in [3.63, 3.8) is 0 Å². The highest BCUT2D eigenvalue weighted by molar-refractivity contribution is 5.94. The maximum Gasteiger partial charge on any atom is 0.251 e. The summed E-state index contributed by atoms with van der Waals surface area (Å²) >= 11 is 0. The zero-order valence-corrected chi connectivity index (χ0v) is 8.55. The van der Waals surface area contributed by atoms with Gasteiger partial charge in [-0.2, -0.15) is 0 Å². The standard InChI is InChI=1S/C10H14N2O2/c1-6(2)11-10(14)8-4-7(3)12-9(13)5-8/h4-6H,1-3H3,(H,11,14)(H,12,13). The summed E-state index contributed by atoms with van der Waals surface area (Å²) in [4.78, 5) is 25.1. The summed E-state index contributed by atoms with van der Waals surface area (Å²) in [5, 5.41) is 2.72. The molecule has 1 rings (SSSR count). The van der Waals surface area contributed by atoms with Gasteiger partial charge in [-0.25, -0.2) is 0 Å². The molecule has 0 aliphatic rings. The van der Waals surface area contributed by atoms with E-state index in [0.717, 1.165) is 0 Å². The third-order valence-electron chi connectivity index (χ3n) is 1.66. The van der Waals surface area contributed by atoms with Crippen LogP contribution in [0.25, 0.3) is 0 Å². The quantitative estimate of drug-likeness (QED) is 0.732. The predicted octanol–water partition coefficient (Wildman–Crippen LogP) is 0.822. The van der Waals surface area contributed by atoms with Crippen LogP contribution >= 0.6 is 0 Å². The van der Waals surface area contributed by atoms with Crippen molar-refractivity contribution in [3.05, 3.63) is 33.7 Å². The van der Waals surface area contributed by atoms with Gasteiger partial charge in [0, 0.05) is 23.4 Å². The summed E-state index contributed by atoms with van der Waals surface area (Å²) in [5.74, 6) is -0.214. The highest BCUT2D eigenvalue weighted by Gasteiger charge is 2.07. The van der Waals surface area contributed by atoms with Crippen molar-refractivity contribution in [2.75, 3.05) is 0 Å². The van der Waals surface area contributed by atoms with Gasteiger partial charge in [0.2, 0.25) is 5.56 Å². The first kappa shape index (κ1) is 10.5. The number of H-pyrrole nitrogens is 1. The van der Waals surface area contributed by atoms with Gasteiger partial charge in [0.25, 0.3) is 5.91 Å². The number of carbonyl (C=O) groups excluding carboxylic acids is 1. The molecule has 0 bridgehead atoms. The van der Waals surface area contributed by atoms with Crippen molar-refractivity contribution in [3.8, 4) is 0 Å². The van der Waals surface area contributed by atoms with Crippen LogP contribution in [0.2, 0.25) is 0 Å². The molecule has 0 spiro atoms. The second-order valence-electron chi connectivity index (χ2n) is 3.54. The minimum atomic E-state index is -0.251. The van der Waals surface area contributed by atoms with Crippen molar-refractivity contribution < 1.29 is 4.79 Å². The Morgan fingerprint density at radius 3 is 2.57 bits per heavy atom. The zero-order valence-electron chi connectivity index (χ0n) is 8.55. The van der Waals surface area contributed by atoms with Gasteiger partial charge >= 0.3 is 0 Å². The lowest BCUT2D eigenvalue weighted by molar-refractivity contribution is 0.0943. The van der Waals surface area contributed by atoms with Crippen molar-refractivity contribution in [1.29, 1.82) is 0 Å². The largest absolute Gasteiger partial charge is 0.350 e. The summed E-state index contributed by atoms with van der Waals surface area (Å²) in [6.45, 7) is 5.49. The topological polar surface area (TPSA) is 62.0 Å². The molecule has 4 nitrogen and oxygen atoms in total. The van der Waals surface area contributed by atoms with E-state index in [0.29, 0.717) is 11.3 Å². The Morgan fingerprint density at radius 2 is 2.07 bits per heavy atom. The van der Waals surface area contributed by atoms with E-state index < -0.39 is 0 Å². The van der Waals surface area contributed by atoms with Crippen molar-refractivity contribution in [1.82, 2.24) is 10.3 Å². The molecule has 0 unspecified atom stereocenters. The molecule has 0 fully saturated rings. The van der Waals surface area contributed by atoms with E-state index in [9.17, 15) is 9.59 Å². The highest BCUT2D eigenvalue weighted by Crippen LogP contribution is 1.97. The van der Waals surface area contributed by atoms with Crippen molar-refractivity contribution >= 4 is 5.91 Å². The fourth-order valence-corrected chi connectivity index (χ4v) is 1.16. The minimum absolute atomic E-state index is 0.0714. The second-order valence-corrected chi connectivity index (χ2v) is 3.54. The molecule has 14 heavy (non-hydrogen) atoms. The number of carbonyl (C=O) groups is 1. The molecule has 0 saturated carbocycles. The molecular weight excluding hydrogens is 180 g/mol. The molecule has 0 saturated heterocycles. The summed E-state index contributed by atoms with van der Waals surface area (Å²) in [7, 11) is 0. The van der Waals surface area contributed by atoms with E-state index in [1.54, 1.807) is 13.0 Å². The van der Waals surface area contributed by atoms with E-state index in [1.807, 2.05) is 13.8 Å². The first-order valence-corrected chi connectivity index (χ1v) is 4.51. The number of nitrogens with one attached hydrogen (secondary N) is 2. The van der Waals surface area contributed by atoms with Crippen LogP contribution in [-0.2, 0) is 0 Å². The lowest BCUT2D eigenvalue weighted by atomic mass is 10.2. The lowest BCUT2D eigenvalue weighted by Gasteiger charge is -2.07. The maximum atomic E-state index is 11.5. The molecule has 0 aromatic carbocycles. The molecule has 1 aromatic rings. The fourth-order valence-electron chi connectivity index (χ4n) is 1.16. The Morgan fingerprint density at radius 1 is 1.43 bits per heavy atom. The Kier molecular flexibility index (Phi) is 3.06. The van der Waals surface area contributed by atoms with Gasteiger partial charge in [-0.3, -0.25) is 9.59 Å². The van der Waals surface area contributed by atoms with E-state index in [2.05, 4.69) is 10.3 Å². The predicted molar refractivity (Wildman–Crippen MR) is 54.4 cm³/mol. The molecule has 1 amide bonds. The van der Waals surface area contributed by atoms with E-state index in [-0.39, 0.29) is 17.5 Å². The summed E-state index contributed by atoms with van der Waals surface area (Å²) in [6.07, 6.45) is 0. The van der Waals surface area contributed by atoms with Gasteiger partial charge in [0.1, 0.15) is 0 Å². The van der Waals surface area contributed by atoms with Crippen LogP contribution in [-0.4, -0.2) is 16.9 Å². The molecule has 0 radical (unpaired) electrons. The van der Waals surface area contributed by atoms with Crippen LogP contribution in [0.15, 0.2) is 16.9 Å². The van der Waals surface area contributed by atoms with E-state index >= 15 is 0 Å². The maximum absolute atomic E-state index is 11.5. The first-order valence-electron chi connectivity index (χ1n) is 4.51. The van der Waals surface area contributed by atoms with Crippen LogP contribution in [0.3, 0.4) is 0 Å². The van der Waals surface area contributed by atoms with Crippen LogP contribution < -0.4 is 10.9 Å². The molecule has 4 heteroatoms. The van der Waals surface area contributed by atoms with Crippen molar-refractivity contribution in [2.24, 2.45) is 0 Å². The van der Waals surface area contributed by atoms with Crippen LogP contribution in [0.5, 0.6) is 0 Å². The molecule has 0 aliphatic heterocycles. The number of pyridine rings is 1. The van der Waals surface area contributed by atoms with E-state index in [1.165, 1.54) is 6.07 Å². The van der Waals surface area contributed by atoms with Gasteiger partial charge in [-0.05, 0) is 26.8 Å². The van der Waals surface area contributed by atoms with Gasteiger partial charge in [0.05, 0.1) is 0 Å². The lowest BCUT2D eigenvalue weighted by Crippen LogP contribution is -2.31. The number of aryl methyl sites for hydroxylation is 1. The Bertz CT molecular complexity index is 393. The zero-order chi connectivity index (χ0) is 10.7. The number of hydrogen-bond acceptors (Lipinski definition) is 2. The highest BCUT2D eigenvalue weighted by atomic mass is 16.2. The number of aromatic nitrogens is 1. The van der Waals surface area contributed by atoms with Crippen molar-refractivity contribution in [2.45, 2.75) is 26.8 Å². The number of amides is 1. The average Bonchev–Trinajstić information content (AvgIpc) is 2.00. The SMILES string of the molecule is Cc1cc(C(=O)NC(C)C)cc(=O)[nH]1. The summed E-state index contributed by atoms with van der Waals surface area (Å²) in [6, 6.07) is 3.02. The molecule has 0 atom stereocenters. The van der Waals surface area contributed by atoms with Gasteiger partial charge in [0.15, 0.2) is 0 Å². The first-order chi connectivity index (χ1) is 6.49. The van der Waals surface area contributed by atoms with Gasteiger partial charge in [-0.1, -0.05) is 0 Å². The number of hydrogen-bond donors (Lipinski definition) is 2. The van der Waals surface area contributed by atoms with E-state index in [4.69, 9.17) is 0 Å². The number of aromatic amines is 1. The average molecular weight is 194 g/mol. The van der Waals surface area contributed by atoms with Gasteiger partial charge in [-0.15, -0.1) is 0 Å². The molecule has 2 N–H and O–H groups in total. The fraction of sp³-hybridized carbons (Fsp3) is 0.400. The minimum Gasteiger partial charge on any atom is -0.350 e. The Balaban J connectivity index is 2.96. The summed E-state index contributed by atoms with van der Waals surface area (Å²) in [5.41, 5.74) is 0.838. The molecule has 1 aromatic heterocycles. The molecule has 0 aliphatic carbocycles. The second kappa shape index (κ2) is 4.09. The van der Waals surface area contributed by atoms with Crippen LogP contribution in [0.1, 0.15) is 29.9 Å². The normalized spacial score (nSPS) is 10.3. The molecule has 1 heterocycles. The van der Waals surface area contributed by atoms with Crippen LogP contribution in [0.4, 0.5) is 0 Å². The third-order valence-corrected chi connectivity index (χ3v) is 1.66.